The zero-order valence-corrected chi connectivity index (χ0v) is 33.2. The van der Waals surface area contributed by atoms with Gasteiger partial charge in [-0.1, -0.05) is 87.5 Å². The number of hydrogen-bond acceptors (Lipinski definition) is 8. The quantitative estimate of drug-likeness (QED) is 0.0771. The molecule has 0 N–H and O–H groups in total. The van der Waals surface area contributed by atoms with Gasteiger partial charge in [-0.05, 0) is 100 Å². The van der Waals surface area contributed by atoms with Gasteiger partial charge in [-0.25, -0.2) is 9.59 Å². The van der Waals surface area contributed by atoms with Crippen molar-refractivity contribution in [3.8, 4) is 0 Å². The zero-order chi connectivity index (χ0) is 37.8. The molecule has 0 bridgehead atoms. The molecule has 1 fully saturated rings. The van der Waals surface area contributed by atoms with Gasteiger partial charge in [-0.2, -0.15) is 0 Å². The highest BCUT2D eigenvalue weighted by Gasteiger charge is 2.41. The Morgan fingerprint density at radius 2 is 1.38 bits per heavy atom. The fourth-order valence-corrected chi connectivity index (χ4v) is 7.37. The molecule has 1 saturated heterocycles. The maximum Gasteiger partial charge on any atom is 0.338 e. The van der Waals surface area contributed by atoms with Crippen molar-refractivity contribution in [2.45, 2.75) is 128 Å². The Balaban J connectivity index is 1.53. The summed E-state index contributed by atoms with van der Waals surface area (Å²) < 4.78 is 37.5. The van der Waals surface area contributed by atoms with Gasteiger partial charge in [0.15, 0.2) is 14.1 Å². The van der Waals surface area contributed by atoms with E-state index in [0.717, 1.165) is 18.4 Å². The van der Waals surface area contributed by atoms with E-state index in [1.54, 1.807) is 42.5 Å². The van der Waals surface area contributed by atoms with E-state index >= 15 is 0 Å². The molecular weight excluding hydrogens is 673 g/mol. The summed E-state index contributed by atoms with van der Waals surface area (Å²) in [5.74, 6) is -1.86. The molecule has 4 rings (SSSR count). The van der Waals surface area contributed by atoms with Crippen molar-refractivity contribution in [2.75, 3.05) is 6.61 Å². The van der Waals surface area contributed by atoms with Crippen LogP contribution in [0.15, 0.2) is 103 Å². The summed E-state index contributed by atoms with van der Waals surface area (Å²) in [7, 11) is -1.93. The van der Waals surface area contributed by atoms with Crippen molar-refractivity contribution in [2.24, 2.45) is 0 Å². The Labute approximate surface area is 311 Å². The van der Waals surface area contributed by atoms with E-state index in [-0.39, 0.29) is 17.2 Å². The molecule has 0 spiro atoms. The zero-order valence-electron chi connectivity index (χ0n) is 32.2. The maximum atomic E-state index is 13.4. The van der Waals surface area contributed by atoms with Crippen molar-refractivity contribution >= 4 is 20.3 Å². The Hall–Kier alpha value is -3.60. The molecular formula is C43H58O8Si. The number of ether oxygens (including phenoxy) is 5. The van der Waals surface area contributed by atoms with Crippen LogP contribution in [0.25, 0.3) is 0 Å². The molecule has 1 heterocycles. The minimum Gasteiger partial charge on any atom is -0.455 e. The minimum absolute atomic E-state index is 0.0637. The van der Waals surface area contributed by atoms with E-state index in [9.17, 15) is 9.59 Å². The molecule has 0 amide bonds. The van der Waals surface area contributed by atoms with Crippen LogP contribution in [0, 0.1) is 0 Å². The molecule has 8 nitrogen and oxygen atoms in total. The Bertz CT molecular complexity index is 1550. The van der Waals surface area contributed by atoms with E-state index in [1.807, 2.05) is 74.5 Å². The van der Waals surface area contributed by atoms with Crippen LogP contribution in [0.1, 0.15) is 93.5 Å². The first-order chi connectivity index (χ1) is 24.6. The van der Waals surface area contributed by atoms with Crippen LogP contribution < -0.4 is 0 Å². The van der Waals surface area contributed by atoms with Gasteiger partial charge >= 0.3 is 11.9 Å². The van der Waals surface area contributed by atoms with Crippen LogP contribution in [0.5, 0.6) is 0 Å². The molecule has 2 unspecified atom stereocenters. The second-order valence-corrected chi connectivity index (χ2v) is 20.3. The largest absolute Gasteiger partial charge is 0.455 e. The van der Waals surface area contributed by atoms with Crippen LogP contribution in [-0.4, -0.2) is 63.2 Å². The molecule has 9 heteroatoms. The van der Waals surface area contributed by atoms with Crippen molar-refractivity contribution in [3.05, 3.63) is 120 Å². The van der Waals surface area contributed by atoms with Gasteiger partial charge in [0.2, 0.25) is 0 Å². The smallest absolute Gasteiger partial charge is 0.338 e. The van der Waals surface area contributed by atoms with Gasteiger partial charge in [-0.15, -0.1) is 0 Å². The van der Waals surface area contributed by atoms with Crippen molar-refractivity contribution < 1.29 is 37.7 Å². The van der Waals surface area contributed by atoms with Gasteiger partial charge < -0.3 is 28.1 Å². The summed E-state index contributed by atoms with van der Waals surface area (Å²) in [5, 5.41) is 0.109. The fraction of sp³-hybridized carbons (Fsp3) is 0.488. The third-order valence-corrected chi connectivity index (χ3v) is 14.2. The third-order valence-electron chi connectivity index (χ3n) is 9.60. The minimum atomic E-state index is -1.93. The summed E-state index contributed by atoms with van der Waals surface area (Å²) in [5.41, 5.74) is 1.97. The first-order valence-corrected chi connectivity index (χ1v) is 21.4. The standard InChI is InChI=1S/C43H58O8Si/c1-32(51-52(7,8)42(2,3)4)19-18-26-36(47-40(44)34-22-14-10-15-23-34)27-28-38(48-41(45)35-24-16-11-17-25-35)39-29-37(49-43(5,6)50-39)31-46-30-33-20-12-9-13-21-33/h9-17,20-25,27-28,32,36-39H,18-19,26,29-31H2,1-8H3/b28-27-/t32-,36?,37-,38?,39-/m1/s1. The number of carbonyl (C=O) groups is 2. The first-order valence-electron chi connectivity index (χ1n) is 18.5. The summed E-state index contributed by atoms with van der Waals surface area (Å²) >= 11 is 0. The number of rotatable bonds is 17. The van der Waals surface area contributed by atoms with E-state index in [2.05, 4.69) is 40.8 Å². The highest BCUT2D eigenvalue weighted by molar-refractivity contribution is 6.74. The van der Waals surface area contributed by atoms with Crippen LogP contribution in [0.3, 0.4) is 0 Å². The predicted octanol–water partition coefficient (Wildman–Crippen LogP) is 9.70. The molecule has 282 valence electrons. The monoisotopic (exact) mass is 730 g/mol. The summed E-state index contributed by atoms with van der Waals surface area (Å²) in [4.78, 5) is 26.7. The molecule has 0 aliphatic carbocycles. The third kappa shape index (κ3) is 13.1. The second-order valence-electron chi connectivity index (χ2n) is 15.6. The second kappa shape index (κ2) is 18.9. The van der Waals surface area contributed by atoms with E-state index < -0.39 is 44.4 Å². The lowest BCUT2D eigenvalue weighted by Crippen LogP contribution is -2.50. The van der Waals surface area contributed by atoms with Crippen LogP contribution in [-0.2, 0) is 34.7 Å². The van der Waals surface area contributed by atoms with Gasteiger partial charge in [-0.3, -0.25) is 0 Å². The van der Waals surface area contributed by atoms with Crippen LogP contribution in [0.4, 0.5) is 0 Å². The summed E-state index contributed by atoms with van der Waals surface area (Å²) in [6, 6.07) is 27.8. The average Bonchev–Trinajstić information content (AvgIpc) is 3.09. The van der Waals surface area contributed by atoms with Crippen molar-refractivity contribution in [1.29, 1.82) is 0 Å². The Morgan fingerprint density at radius 3 is 1.96 bits per heavy atom. The SMILES string of the molecule is C[C@H](CCCC(/C=C\C(OC(=O)c1ccccc1)[C@H]1C[C@H](COCc2ccccc2)OC(C)(C)O1)OC(=O)c1ccccc1)O[Si](C)(C)C(C)(C)C. The molecule has 1 aliphatic rings. The van der Waals surface area contributed by atoms with Crippen molar-refractivity contribution in [1.82, 2.24) is 0 Å². The molecule has 3 aromatic carbocycles. The number of carbonyl (C=O) groups excluding carboxylic acids is 2. The molecule has 52 heavy (non-hydrogen) atoms. The summed E-state index contributed by atoms with van der Waals surface area (Å²) in [6.07, 6.45) is 4.02. The molecule has 0 aromatic heterocycles. The fourth-order valence-electron chi connectivity index (χ4n) is 5.89. The lowest BCUT2D eigenvalue weighted by atomic mass is 10.0. The first kappa shape index (κ1) is 41.2. The molecule has 0 radical (unpaired) electrons. The predicted molar refractivity (Wildman–Crippen MR) is 207 cm³/mol. The Morgan fingerprint density at radius 1 is 0.827 bits per heavy atom. The van der Waals surface area contributed by atoms with E-state index in [4.69, 9.17) is 28.1 Å². The highest BCUT2D eigenvalue weighted by atomic mass is 28.4. The number of hydrogen-bond donors (Lipinski definition) is 0. The van der Waals surface area contributed by atoms with Crippen molar-refractivity contribution in [3.63, 3.8) is 0 Å². The van der Waals surface area contributed by atoms with Crippen LogP contribution in [0.2, 0.25) is 18.1 Å². The van der Waals surface area contributed by atoms with Gasteiger partial charge in [0.25, 0.3) is 0 Å². The Kier molecular flexibility index (Phi) is 15.0. The topological polar surface area (TPSA) is 89.5 Å². The number of esters is 2. The van der Waals surface area contributed by atoms with Gasteiger partial charge in [0, 0.05) is 12.5 Å². The lowest BCUT2D eigenvalue weighted by Gasteiger charge is -2.42. The van der Waals surface area contributed by atoms with E-state index in [0.29, 0.717) is 37.2 Å². The highest BCUT2D eigenvalue weighted by Crippen LogP contribution is 2.38. The molecule has 5 atom stereocenters. The molecule has 3 aromatic rings. The van der Waals surface area contributed by atoms with E-state index in [1.165, 1.54) is 0 Å². The average molecular weight is 731 g/mol. The maximum absolute atomic E-state index is 13.4. The number of benzene rings is 3. The summed E-state index contributed by atoms with van der Waals surface area (Å²) in [6.45, 7) is 17.8. The van der Waals surface area contributed by atoms with Gasteiger partial charge in [0.1, 0.15) is 18.3 Å². The molecule has 0 saturated carbocycles. The van der Waals surface area contributed by atoms with Gasteiger partial charge in [0.05, 0.1) is 30.4 Å². The lowest BCUT2D eigenvalue weighted by molar-refractivity contribution is -0.314. The van der Waals surface area contributed by atoms with Crippen LogP contribution >= 0.6 is 0 Å². The molecule has 1 aliphatic heterocycles. The normalized spacial score (nSPS) is 19.5.